The van der Waals surface area contributed by atoms with Crippen LogP contribution in [-0.2, 0) is 4.79 Å². The van der Waals surface area contributed by atoms with E-state index in [1.165, 1.54) is 23.9 Å². The number of aromatic nitrogens is 2. The number of benzene rings is 1. The molecule has 2 rings (SSSR count). The van der Waals surface area contributed by atoms with Gasteiger partial charge in [-0.1, -0.05) is 23.7 Å². The summed E-state index contributed by atoms with van der Waals surface area (Å²) in [7, 11) is 0. The fourth-order valence-electron chi connectivity index (χ4n) is 1.62. The van der Waals surface area contributed by atoms with Crippen molar-refractivity contribution in [2.45, 2.75) is 0 Å². The summed E-state index contributed by atoms with van der Waals surface area (Å²) >= 11 is 5.98. The number of para-hydroxylation sites is 1. The van der Waals surface area contributed by atoms with Gasteiger partial charge in [0.25, 0.3) is 5.91 Å². The lowest BCUT2D eigenvalue weighted by molar-refractivity contribution is -0.124. The Labute approximate surface area is 150 Å². The molecule has 1 aromatic carbocycles. The molecule has 7 nitrogen and oxygen atoms in total. The van der Waals surface area contributed by atoms with Crippen molar-refractivity contribution in [1.29, 1.82) is 0 Å². The van der Waals surface area contributed by atoms with Crippen LogP contribution in [0, 0.1) is 0 Å². The Morgan fingerprint density at radius 2 is 2.08 bits per heavy atom. The van der Waals surface area contributed by atoms with Gasteiger partial charge in [-0.15, -0.1) is 12.4 Å². The third-order valence-corrected chi connectivity index (χ3v) is 3.00. The standard InChI is InChI=1S/C15H15ClN4O3.ClH/c16-12-3-1-2-4-13(12)23-8-7-17-14-10-18-11(9-19-14)5-6-15(21)20-22;/h1-6,9-10,22H,7-8H2,(H,17,19)(H,20,21);1H/b6-5+;. The van der Waals surface area contributed by atoms with Crippen LogP contribution in [0.2, 0.25) is 5.02 Å². The predicted octanol–water partition coefficient (Wildman–Crippen LogP) is 2.56. The molecule has 0 radical (unpaired) electrons. The molecule has 3 N–H and O–H groups in total. The number of hydrogen-bond acceptors (Lipinski definition) is 6. The number of nitrogens with one attached hydrogen (secondary N) is 2. The molecule has 0 atom stereocenters. The molecule has 0 unspecified atom stereocenters. The maximum atomic E-state index is 10.8. The summed E-state index contributed by atoms with van der Waals surface area (Å²) in [6.07, 6.45) is 5.61. The molecule has 9 heteroatoms. The van der Waals surface area contributed by atoms with Crippen molar-refractivity contribution in [3.63, 3.8) is 0 Å². The lowest BCUT2D eigenvalue weighted by Gasteiger charge is -2.09. The van der Waals surface area contributed by atoms with Gasteiger partial charge in [0.05, 0.1) is 29.7 Å². The minimum atomic E-state index is -0.634. The van der Waals surface area contributed by atoms with Crippen molar-refractivity contribution < 1.29 is 14.7 Å². The Balaban J connectivity index is 0.00000288. The van der Waals surface area contributed by atoms with E-state index in [-0.39, 0.29) is 12.4 Å². The van der Waals surface area contributed by atoms with Crippen molar-refractivity contribution in [2.24, 2.45) is 0 Å². The number of anilines is 1. The molecule has 0 spiro atoms. The van der Waals surface area contributed by atoms with E-state index >= 15 is 0 Å². The number of hydroxylamine groups is 1. The van der Waals surface area contributed by atoms with Gasteiger partial charge in [-0.2, -0.15) is 0 Å². The number of hydrogen-bond donors (Lipinski definition) is 3. The first-order chi connectivity index (χ1) is 11.2. The quantitative estimate of drug-likeness (QED) is 0.300. The van der Waals surface area contributed by atoms with Crippen molar-refractivity contribution in [3.05, 3.63) is 53.5 Å². The largest absolute Gasteiger partial charge is 0.490 e. The summed E-state index contributed by atoms with van der Waals surface area (Å²) in [4.78, 5) is 19.1. The van der Waals surface area contributed by atoms with E-state index in [4.69, 9.17) is 21.5 Å². The van der Waals surface area contributed by atoms with Crippen LogP contribution in [0.15, 0.2) is 42.7 Å². The average molecular weight is 371 g/mol. The molecule has 128 valence electrons. The summed E-state index contributed by atoms with van der Waals surface area (Å²) in [6, 6.07) is 7.25. The highest BCUT2D eigenvalue weighted by Crippen LogP contribution is 2.22. The smallest absolute Gasteiger partial charge is 0.267 e. The van der Waals surface area contributed by atoms with Gasteiger partial charge in [-0.25, -0.2) is 10.5 Å². The van der Waals surface area contributed by atoms with Crippen LogP contribution in [0.3, 0.4) is 0 Å². The number of nitrogens with zero attached hydrogens (tertiary/aromatic N) is 2. The van der Waals surface area contributed by atoms with E-state index in [0.29, 0.717) is 35.4 Å². The van der Waals surface area contributed by atoms with E-state index in [2.05, 4.69) is 15.3 Å². The second-order valence-corrected chi connectivity index (χ2v) is 4.75. The fraction of sp³-hybridized carbons (Fsp3) is 0.133. The first-order valence-electron chi connectivity index (χ1n) is 6.74. The van der Waals surface area contributed by atoms with Gasteiger partial charge < -0.3 is 10.1 Å². The Morgan fingerprint density at radius 3 is 2.75 bits per heavy atom. The maximum absolute atomic E-state index is 10.8. The summed E-state index contributed by atoms with van der Waals surface area (Å²) < 4.78 is 5.54. The molecule has 0 aliphatic rings. The van der Waals surface area contributed by atoms with Crippen LogP contribution in [-0.4, -0.2) is 34.2 Å². The van der Waals surface area contributed by atoms with Gasteiger partial charge in [0.1, 0.15) is 18.2 Å². The lowest BCUT2D eigenvalue weighted by atomic mass is 10.3. The zero-order chi connectivity index (χ0) is 16.5. The first kappa shape index (κ1) is 19.7. The summed E-state index contributed by atoms with van der Waals surface area (Å²) in [6.45, 7) is 0.950. The van der Waals surface area contributed by atoms with Gasteiger partial charge in [0.2, 0.25) is 0 Å². The van der Waals surface area contributed by atoms with Crippen molar-refractivity contribution in [2.75, 3.05) is 18.5 Å². The topological polar surface area (TPSA) is 96.4 Å². The van der Waals surface area contributed by atoms with Crippen molar-refractivity contribution in [1.82, 2.24) is 15.4 Å². The van der Waals surface area contributed by atoms with Gasteiger partial charge in [-0.05, 0) is 18.2 Å². The van der Waals surface area contributed by atoms with Crippen LogP contribution in [0.5, 0.6) is 5.75 Å². The van der Waals surface area contributed by atoms with Gasteiger partial charge in [0, 0.05) is 6.08 Å². The van der Waals surface area contributed by atoms with E-state index in [1.807, 2.05) is 12.1 Å². The minimum Gasteiger partial charge on any atom is -0.490 e. The number of halogens is 2. The molecule has 0 fully saturated rings. The molecule has 1 aromatic heterocycles. The Hall–Kier alpha value is -2.35. The number of ether oxygens (including phenoxy) is 1. The normalized spacial score (nSPS) is 10.1. The Kier molecular flexibility index (Phi) is 8.56. The van der Waals surface area contributed by atoms with Crippen LogP contribution < -0.4 is 15.5 Å². The molecule has 1 amide bonds. The van der Waals surface area contributed by atoms with Gasteiger partial charge >= 0.3 is 0 Å². The van der Waals surface area contributed by atoms with E-state index in [1.54, 1.807) is 12.1 Å². The summed E-state index contributed by atoms with van der Waals surface area (Å²) in [5.41, 5.74) is 1.98. The first-order valence-corrected chi connectivity index (χ1v) is 7.12. The fourth-order valence-corrected chi connectivity index (χ4v) is 1.81. The molecular formula is C15H16Cl2N4O3. The molecule has 0 bridgehead atoms. The highest BCUT2D eigenvalue weighted by atomic mass is 35.5. The maximum Gasteiger partial charge on any atom is 0.267 e. The van der Waals surface area contributed by atoms with Crippen LogP contribution in [0.1, 0.15) is 5.69 Å². The zero-order valence-electron chi connectivity index (χ0n) is 12.5. The molecule has 0 saturated carbocycles. The highest BCUT2D eigenvalue weighted by molar-refractivity contribution is 6.32. The average Bonchev–Trinajstić information content (AvgIpc) is 2.59. The van der Waals surface area contributed by atoms with E-state index < -0.39 is 5.91 Å². The number of rotatable bonds is 7. The molecule has 24 heavy (non-hydrogen) atoms. The molecule has 1 heterocycles. The molecule has 0 aliphatic heterocycles. The lowest BCUT2D eigenvalue weighted by Crippen LogP contribution is -2.15. The summed E-state index contributed by atoms with van der Waals surface area (Å²) in [5.74, 6) is 0.576. The van der Waals surface area contributed by atoms with E-state index in [0.717, 1.165) is 6.08 Å². The van der Waals surface area contributed by atoms with E-state index in [9.17, 15) is 4.79 Å². The van der Waals surface area contributed by atoms with Crippen molar-refractivity contribution >= 4 is 41.8 Å². The van der Waals surface area contributed by atoms with Crippen LogP contribution >= 0.6 is 24.0 Å². The monoisotopic (exact) mass is 370 g/mol. The highest BCUT2D eigenvalue weighted by Gasteiger charge is 2.00. The second kappa shape index (κ2) is 10.4. The second-order valence-electron chi connectivity index (χ2n) is 4.34. The molecule has 0 aliphatic carbocycles. The Bertz CT molecular complexity index is 681. The van der Waals surface area contributed by atoms with Gasteiger partial charge in [0.15, 0.2) is 0 Å². The minimum absolute atomic E-state index is 0. The molecule has 0 saturated heterocycles. The molecule has 2 aromatic rings. The summed E-state index contributed by atoms with van der Waals surface area (Å²) in [5, 5.41) is 12.0. The Morgan fingerprint density at radius 1 is 1.29 bits per heavy atom. The zero-order valence-corrected chi connectivity index (χ0v) is 14.0. The third kappa shape index (κ3) is 6.41. The van der Waals surface area contributed by atoms with Gasteiger partial charge in [-0.3, -0.25) is 15.0 Å². The van der Waals surface area contributed by atoms with Crippen LogP contribution in [0.25, 0.3) is 6.08 Å². The third-order valence-electron chi connectivity index (χ3n) is 2.69. The number of carbonyl (C=O) groups is 1. The molecular weight excluding hydrogens is 355 g/mol. The SMILES string of the molecule is Cl.O=C(/C=C/c1cnc(NCCOc2ccccc2Cl)cn1)NO. The van der Waals surface area contributed by atoms with Crippen LogP contribution in [0.4, 0.5) is 5.82 Å². The number of amides is 1. The number of carbonyl (C=O) groups excluding carboxylic acids is 1. The van der Waals surface area contributed by atoms with Crippen molar-refractivity contribution in [3.8, 4) is 5.75 Å². The predicted molar refractivity (Wildman–Crippen MR) is 93.7 cm³/mol.